The molecule has 135 valence electrons. The van der Waals surface area contributed by atoms with Gasteiger partial charge in [0.1, 0.15) is 0 Å². The van der Waals surface area contributed by atoms with Gasteiger partial charge in [-0.15, -0.1) is 0 Å². The molecule has 1 aromatic carbocycles. The van der Waals surface area contributed by atoms with Gasteiger partial charge in [0.25, 0.3) is 0 Å². The lowest BCUT2D eigenvalue weighted by Crippen LogP contribution is -2.11. The zero-order valence-corrected chi connectivity index (χ0v) is 15.8. The van der Waals surface area contributed by atoms with E-state index in [0.29, 0.717) is 12.1 Å². The Kier molecular flexibility index (Phi) is 12.3. The third-order valence-corrected chi connectivity index (χ3v) is 4.43. The predicted octanol–water partition coefficient (Wildman–Crippen LogP) is 6.72. The van der Waals surface area contributed by atoms with Crippen LogP contribution in [0.15, 0.2) is 24.3 Å². The lowest BCUT2D eigenvalue weighted by Gasteiger charge is -2.06. The van der Waals surface area contributed by atoms with Gasteiger partial charge in [-0.3, -0.25) is 4.79 Å². The van der Waals surface area contributed by atoms with Gasteiger partial charge in [-0.2, -0.15) is 4.84 Å². The monoisotopic (exact) mass is 351 g/mol. The molecule has 0 aliphatic heterocycles. The van der Waals surface area contributed by atoms with Crippen LogP contribution in [-0.4, -0.2) is 5.91 Å². The van der Waals surface area contributed by atoms with Crippen molar-refractivity contribution in [3.8, 4) is 0 Å². The van der Waals surface area contributed by atoms with Crippen LogP contribution in [0.2, 0.25) is 0 Å². The minimum Gasteiger partial charge on any atom is -0.326 e. The molecule has 1 rings (SSSR count). The SMILES string of the molecule is CCCCCCCCCCCCCC(=O)Nc1cccc([N]Cl)c1. The van der Waals surface area contributed by atoms with Crippen LogP contribution >= 0.6 is 11.8 Å². The van der Waals surface area contributed by atoms with Crippen molar-refractivity contribution in [3.63, 3.8) is 0 Å². The summed E-state index contributed by atoms with van der Waals surface area (Å²) in [6.45, 7) is 2.26. The largest absolute Gasteiger partial charge is 0.326 e. The number of halogens is 1. The molecule has 1 N–H and O–H groups in total. The Hall–Kier alpha value is -1.22. The molecule has 0 spiro atoms. The van der Waals surface area contributed by atoms with E-state index >= 15 is 0 Å². The molecule has 4 heteroatoms. The second-order valence-corrected chi connectivity index (χ2v) is 6.64. The molecule has 0 heterocycles. The lowest BCUT2D eigenvalue weighted by atomic mass is 10.1. The van der Waals surface area contributed by atoms with E-state index < -0.39 is 0 Å². The molecule has 1 amide bonds. The molecule has 0 saturated heterocycles. The van der Waals surface area contributed by atoms with Crippen molar-refractivity contribution < 1.29 is 4.79 Å². The van der Waals surface area contributed by atoms with Crippen molar-refractivity contribution in [2.75, 3.05) is 5.32 Å². The maximum absolute atomic E-state index is 11.9. The topological polar surface area (TPSA) is 43.2 Å². The van der Waals surface area contributed by atoms with Crippen LogP contribution in [0.4, 0.5) is 11.4 Å². The number of hydrogen-bond donors (Lipinski definition) is 1. The molecule has 0 aliphatic rings. The molecule has 0 aliphatic carbocycles. The van der Waals surface area contributed by atoms with Gasteiger partial charge in [0.05, 0.1) is 5.69 Å². The Balaban J connectivity index is 1.96. The number of rotatable bonds is 14. The van der Waals surface area contributed by atoms with Crippen molar-refractivity contribution in [2.45, 2.75) is 84.0 Å². The first kappa shape index (κ1) is 20.8. The van der Waals surface area contributed by atoms with E-state index in [1.54, 1.807) is 12.1 Å². The number of nitrogens with one attached hydrogen (secondary N) is 1. The highest BCUT2D eigenvalue weighted by molar-refractivity contribution is 6.15. The Labute approximate surface area is 152 Å². The third kappa shape index (κ3) is 10.5. The Morgan fingerprint density at radius 1 is 0.958 bits per heavy atom. The Morgan fingerprint density at radius 3 is 2.12 bits per heavy atom. The van der Waals surface area contributed by atoms with E-state index in [9.17, 15) is 4.79 Å². The highest BCUT2D eigenvalue weighted by Crippen LogP contribution is 2.17. The van der Waals surface area contributed by atoms with Crippen LogP contribution in [0, 0.1) is 0 Å². The summed E-state index contributed by atoms with van der Waals surface area (Å²) in [5.41, 5.74) is 1.41. The van der Waals surface area contributed by atoms with E-state index in [-0.39, 0.29) is 5.91 Å². The first-order valence-corrected chi connectivity index (χ1v) is 9.82. The smallest absolute Gasteiger partial charge is 0.224 e. The molecular formula is C20H32ClN2O. The zero-order chi connectivity index (χ0) is 17.5. The van der Waals surface area contributed by atoms with Gasteiger partial charge < -0.3 is 5.32 Å². The number of amides is 1. The molecule has 0 saturated carbocycles. The summed E-state index contributed by atoms with van der Waals surface area (Å²) in [6.07, 6.45) is 14.8. The number of nitrogens with zero attached hydrogens (tertiary/aromatic N) is 1. The Morgan fingerprint density at radius 2 is 1.54 bits per heavy atom. The fraction of sp³-hybridized carbons (Fsp3) is 0.650. The van der Waals surface area contributed by atoms with Gasteiger partial charge in [-0.05, 0) is 24.6 Å². The summed E-state index contributed by atoms with van der Waals surface area (Å²) >= 11 is 5.43. The summed E-state index contributed by atoms with van der Waals surface area (Å²) < 4.78 is 0. The van der Waals surface area contributed by atoms with Gasteiger partial charge >= 0.3 is 0 Å². The van der Waals surface area contributed by atoms with Crippen LogP contribution in [0.3, 0.4) is 0 Å². The van der Waals surface area contributed by atoms with Crippen molar-refractivity contribution in [1.82, 2.24) is 4.84 Å². The number of benzene rings is 1. The normalized spacial score (nSPS) is 10.6. The van der Waals surface area contributed by atoms with Crippen molar-refractivity contribution >= 4 is 29.1 Å². The van der Waals surface area contributed by atoms with Crippen molar-refractivity contribution in [2.24, 2.45) is 0 Å². The summed E-state index contributed by atoms with van der Waals surface area (Å²) in [4.78, 5) is 15.5. The van der Waals surface area contributed by atoms with E-state index in [1.807, 2.05) is 12.1 Å². The number of unbranched alkanes of at least 4 members (excludes halogenated alkanes) is 10. The average Bonchev–Trinajstić information content (AvgIpc) is 2.60. The fourth-order valence-corrected chi connectivity index (χ4v) is 2.91. The lowest BCUT2D eigenvalue weighted by molar-refractivity contribution is -0.116. The fourth-order valence-electron chi connectivity index (χ4n) is 2.81. The molecule has 0 bridgehead atoms. The quantitative estimate of drug-likeness (QED) is 0.371. The van der Waals surface area contributed by atoms with Gasteiger partial charge in [0, 0.05) is 23.9 Å². The molecule has 0 aromatic heterocycles. The summed E-state index contributed by atoms with van der Waals surface area (Å²) in [6, 6.07) is 7.25. The molecular weight excluding hydrogens is 320 g/mol. The van der Waals surface area contributed by atoms with Gasteiger partial charge in [0.2, 0.25) is 5.91 Å². The summed E-state index contributed by atoms with van der Waals surface area (Å²) in [7, 11) is 0. The molecule has 1 radical (unpaired) electrons. The molecule has 0 unspecified atom stereocenters. The maximum atomic E-state index is 11.9. The first-order valence-electron chi connectivity index (χ1n) is 9.48. The molecule has 3 nitrogen and oxygen atoms in total. The number of hydrogen-bond acceptors (Lipinski definition) is 1. The minimum absolute atomic E-state index is 0.0673. The van der Waals surface area contributed by atoms with E-state index in [4.69, 9.17) is 11.8 Å². The van der Waals surface area contributed by atoms with Gasteiger partial charge in [-0.25, -0.2) is 0 Å². The summed E-state index contributed by atoms with van der Waals surface area (Å²) in [5, 5.41) is 2.89. The van der Waals surface area contributed by atoms with E-state index in [1.165, 1.54) is 57.8 Å². The maximum Gasteiger partial charge on any atom is 0.224 e. The first-order chi connectivity index (χ1) is 11.8. The predicted molar refractivity (Wildman–Crippen MR) is 104 cm³/mol. The van der Waals surface area contributed by atoms with Gasteiger partial charge in [0.15, 0.2) is 0 Å². The highest BCUT2D eigenvalue weighted by Gasteiger charge is 2.03. The highest BCUT2D eigenvalue weighted by atomic mass is 35.5. The second-order valence-electron chi connectivity index (χ2n) is 6.47. The molecule has 1 aromatic rings. The van der Waals surface area contributed by atoms with Crippen LogP contribution in [0.25, 0.3) is 0 Å². The summed E-state index contributed by atoms with van der Waals surface area (Å²) in [5.74, 6) is 0.0673. The standard InChI is InChI=1S/C20H32ClN2O/c1-2-3-4-5-6-7-8-9-10-11-12-16-20(24)22-18-14-13-15-19(17-18)23-21/h13-15,17H,2-12,16H2,1H3,(H,22,24). The number of carbonyl (C=O) groups excluding carboxylic acids is 1. The van der Waals surface area contributed by atoms with E-state index in [2.05, 4.69) is 17.1 Å². The third-order valence-electron chi connectivity index (χ3n) is 4.23. The minimum atomic E-state index is 0.0673. The van der Waals surface area contributed by atoms with Gasteiger partial charge in [-0.1, -0.05) is 77.2 Å². The molecule has 0 fully saturated rings. The molecule has 24 heavy (non-hydrogen) atoms. The zero-order valence-electron chi connectivity index (χ0n) is 15.0. The van der Waals surface area contributed by atoms with Crippen LogP contribution in [0.5, 0.6) is 0 Å². The molecule has 0 atom stereocenters. The van der Waals surface area contributed by atoms with E-state index in [0.717, 1.165) is 18.5 Å². The van der Waals surface area contributed by atoms with Crippen molar-refractivity contribution in [3.05, 3.63) is 24.3 Å². The number of anilines is 1. The number of carbonyl (C=O) groups is 1. The van der Waals surface area contributed by atoms with Crippen molar-refractivity contribution in [1.29, 1.82) is 0 Å². The second kappa shape index (κ2) is 14.2. The van der Waals surface area contributed by atoms with Crippen LogP contribution in [-0.2, 0) is 4.79 Å². The van der Waals surface area contributed by atoms with Crippen LogP contribution in [0.1, 0.15) is 84.0 Å². The van der Waals surface area contributed by atoms with Crippen LogP contribution < -0.4 is 10.2 Å². The average molecular weight is 352 g/mol. The Bertz CT molecular complexity index is 451.